The molecule has 6 N–H and O–H groups in total. The third kappa shape index (κ3) is 7.45. The first-order valence-electron chi connectivity index (χ1n) is 14.7. The van der Waals surface area contributed by atoms with Crippen molar-refractivity contribution in [1.82, 2.24) is 40.2 Å². The molecule has 5 atom stereocenters. The van der Waals surface area contributed by atoms with Gasteiger partial charge in [-0.2, -0.15) is 23.5 Å². The minimum absolute atomic E-state index is 0.0368. The lowest BCUT2D eigenvalue weighted by atomic mass is 10.2. The first-order valence-corrected chi connectivity index (χ1v) is 15.1. The van der Waals surface area contributed by atoms with E-state index in [2.05, 4.69) is 31.3 Å². The number of piperidine rings is 1. The topological polar surface area (TPSA) is 220 Å². The Labute approximate surface area is 280 Å². The highest BCUT2D eigenvalue weighted by Gasteiger charge is 2.57. The van der Waals surface area contributed by atoms with E-state index in [4.69, 9.17) is 26.8 Å². The number of fused-ring (bicyclic) bond motifs is 1. The molecule has 1 aliphatic carbocycles. The molecule has 0 unspecified atom stereocenters. The molecule has 3 aliphatic rings. The Morgan fingerprint density at radius 3 is 2.47 bits per heavy atom. The van der Waals surface area contributed by atoms with Gasteiger partial charge in [0.15, 0.2) is 11.5 Å². The number of anilines is 1. The van der Waals surface area contributed by atoms with Crippen molar-refractivity contribution in [3.8, 4) is 17.3 Å². The van der Waals surface area contributed by atoms with Crippen molar-refractivity contribution in [1.29, 1.82) is 5.26 Å². The SMILES string of the molecule is Cn1c(-c2cn(CC#N)nc2C(F)(F)F)cnc1C(=O)Nc1ccc(C(=O)N[C@H]2[C@@H]3CN(C(=O)N[C@H]4CNC[C@@H]4O)C[C@@H]32)c(Cl)c1.O=CO. The van der Waals surface area contributed by atoms with Crippen LogP contribution in [0, 0.1) is 23.2 Å². The number of imidazole rings is 1. The van der Waals surface area contributed by atoms with Gasteiger partial charge in [-0.15, -0.1) is 0 Å². The number of likely N-dealkylation sites (tertiary alicyclic amines) is 1. The van der Waals surface area contributed by atoms with Crippen molar-refractivity contribution in [2.24, 2.45) is 18.9 Å². The van der Waals surface area contributed by atoms with Crippen LogP contribution in [0.5, 0.6) is 0 Å². The first-order chi connectivity index (χ1) is 23.3. The highest BCUT2D eigenvalue weighted by molar-refractivity contribution is 6.34. The second-order valence-corrected chi connectivity index (χ2v) is 11.9. The number of nitriles is 1. The number of aliphatic hydroxyl groups is 1. The fourth-order valence-electron chi connectivity index (χ4n) is 6.00. The van der Waals surface area contributed by atoms with Crippen molar-refractivity contribution in [3.05, 3.63) is 52.7 Å². The van der Waals surface area contributed by atoms with E-state index in [0.29, 0.717) is 26.2 Å². The highest BCUT2D eigenvalue weighted by atomic mass is 35.5. The van der Waals surface area contributed by atoms with Crippen LogP contribution in [-0.2, 0) is 24.6 Å². The van der Waals surface area contributed by atoms with Gasteiger partial charge in [0.2, 0.25) is 0 Å². The highest BCUT2D eigenvalue weighted by Crippen LogP contribution is 2.45. The maximum absolute atomic E-state index is 13.6. The third-order valence-corrected chi connectivity index (χ3v) is 8.78. The maximum Gasteiger partial charge on any atom is 0.435 e. The summed E-state index contributed by atoms with van der Waals surface area (Å²) in [4.78, 5) is 52.6. The fourth-order valence-corrected chi connectivity index (χ4v) is 6.27. The standard InChI is InChI=1S/C28H28ClF3N10O4.CH2O2/c1-40-20(17-12-42(5-4-33)39-23(17)28(30,31)32)8-35-24(40)26(45)36-13-2-3-14(18(29)6-13)25(44)38-22-15-10-41(11-16(15)22)27(46)37-19-7-34-9-21(19)43;2-1-3/h2-3,6,8,12,15-16,19,21-22,34,43H,5,7,9-11H2,1H3,(H,36,45)(H,37,46)(H,38,44);1H,(H,2,3)/t15-,16+,19-,21-,22+;/m0./s1. The second kappa shape index (κ2) is 14.1. The summed E-state index contributed by atoms with van der Waals surface area (Å²) >= 11 is 6.38. The van der Waals surface area contributed by atoms with Crippen molar-refractivity contribution in [2.75, 3.05) is 31.5 Å². The van der Waals surface area contributed by atoms with Crippen LogP contribution in [0.15, 0.2) is 30.6 Å². The van der Waals surface area contributed by atoms with Gasteiger partial charge in [0, 0.05) is 63.0 Å². The zero-order chi connectivity index (χ0) is 35.6. The van der Waals surface area contributed by atoms with E-state index in [1.807, 2.05) is 0 Å². The Bertz CT molecular complexity index is 1800. The predicted molar refractivity (Wildman–Crippen MR) is 164 cm³/mol. The summed E-state index contributed by atoms with van der Waals surface area (Å²) in [7, 11) is 1.37. The Kier molecular flexibility index (Phi) is 10.1. The Balaban J connectivity index is 0.00000151. The molecule has 3 fully saturated rings. The minimum Gasteiger partial charge on any atom is -0.483 e. The minimum atomic E-state index is -4.80. The van der Waals surface area contributed by atoms with E-state index >= 15 is 0 Å². The van der Waals surface area contributed by atoms with Gasteiger partial charge >= 0.3 is 12.2 Å². The van der Waals surface area contributed by atoms with Gasteiger partial charge in [0.05, 0.1) is 46.3 Å². The number of nitrogens with one attached hydrogen (secondary N) is 4. The number of aliphatic hydroxyl groups excluding tert-OH is 1. The van der Waals surface area contributed by atoms with Gasteiger partial charge in [-0.1, -0.05) is 11.6 Å². The molecule has 6 rings (SSSR count). The number of nitrogens with zero attached hydrogens (tertiary/aromatic N) is 6. The van der Waals surface area contributed by atoms with E-state index < -0.39 is 36.3 Å². The van der Waals surface area contributed by atoms with Crippen molar-refractivity contribution < 1.29 is 42.6 Å². The lowest BCUT2D eigenvalue weighted by Crippen LogP contribution is -2.49. The summed E-state index contributed by atoms with van der Waals surface area (Å²) in [5.41, 5.74) is -1.19. The van der Waals surface area contributed by atoms with Crippen LogP contribution in [0.2, 0.25) is 5.02 Å². The average molecular weight is 707 g/mol. The van der Waals surface area contributed by atoms with Crippen molar-refractivity contribution in [2.45, 2.75) is 30.9 Å². The molecule has 4 heterocycles. The zero-order valence-corrected chi connectivity index (χ0v) is 26.4. The van der Waals surface area contributed by atoms with Gasteiger partial charge in [-0.3, -0.25) is 19.1 Å². The monoisotopic (exact) mass is 706 g/mol. The number of hydrogen-bond donors (Lipinski definition) is 6. The van der Waals surface area contributed by atoms with Crippen LogP contribution >= 0.6 is 11.6 Å². The van der Waals surface area contributed by atoms with Crippen LogP contribution in [0.4, 0.5) is 23.7 Å². The summed E-state index contributed by atoms with van der Waals surface area (Å²) in [5, 5.41) is 40.6. The number of carbonyl (C=O) groups excluding carboxylic acids is 3. The van der Waals surface area contributed by atoms with Crippen LogP contribution in [-0.4, -0.2) is 103 Å². The molecule has 3 aromatic rings. The molecule has 1 saturated carbocycles. The van der Waals surface area contributed by atoms with E-state index in [0.717, 1.165) is 17.1 Å². The van der Waals surface area contributed by atoms with Gasteiger partial charge in [0.1, 0.15) is 6.54 Å². The second-order valence-electron chi connectivity index (χ2n) is 11.5. The molecular weight excluding hydrogens is 677 g/mol. The van der Waals surface area contributed by atoms with E-state index in [9.17, 15) is 32.7 Å². The number of alkyl halides is 3. The number of carbonyl (C=O) groups is 4. The molecule has 260 valence electrons. The van der Waals surface area contributed by atoms with E-state index in [-0.39, 0.29) is 69.8 Å². The number of carboxylic acid groups (broad SMARTS) is 1. The number of aromatic nitrogens is 4. The largest absolute Gasteiger partial charge is 0.483 e. The summed E-state index contributed by atoms with van der Waals surface area (Å²) in [5.74, 6) is -1.14. The van der Waals surface area contributed by atoms with Crippen LogP contribution < -0.4 is 21.3 Å². The molecule has 2 aliphatic heterocycles. The van der Waals surface area contributed by atoms with Gasteiger partial charge < -0.3 is 40.9 Å². The van der Waals surface area contributed by atoms with Gasteiger partial charge in [-0.05, 0) is 18.2 Å². The molecule has 0 spiro atoms. The summed E-state index contributed by atoms with van der Waals surface area (Å²) in [6, 6.07) is 5.31. The number of urea groups is 1. The van der Waals surface area contributed by atoms with Gasteiger partial charge in [0.25, 0.3) is 18.3 Å². The Hall–Kier alpha value is -5.19. The molecule has 0 radical (unpaired) electrons. The van der Waals surface area contributed by atoms with Gasteiger partial charge in [-0.25, -0.2) is 9.78 Å². The molecule has 0 bridgehead atoms. The zero-order valence-electron chi connectivity index (χ0n) is 25.6. The predicted octanol–water partition coefficient (Wildman–Crippen LogP) is 1.13. The molecule has 2 saturated heterocycles. The van der Waals surface area contributed by atoms with Crippen LogP contribution in [0.3, 0.4) is 0 Å². The van der Waals surface area contributed by atoms with Crippen LogP contribution in [0.25, 0.3) is 11.3 Å². The third-order valence-electron chi connectivity index (χ3n) is 8.47. The van der Waals surface area contributed by atoms with Crippen LogP contribution in [0.1, 0.15) is 26.7 Å². The molecule has 20 heteroatoms. The quantitative estimate of drug-likeness (QED) is 0.192. The molecular formula is C29H30ClF3N10O6. The average Bonchev–Trinajstić information content (AvgIpc) is 3.59. The molecule has 1 aromatic carbocycles. The number of amides is 4. The van der Waals surface area contributed by atoms with E-state index in [1.165, 1.54) is 29.8 Å². The Morgan fingerprint density at radius 1 is 1.18 bits per heavy atom. The normalized spacial score (nSPS) is 22.3. The lowest BCUT2D eigenvalue weighted by Gasteiger charge is -2.24. The number of benzene rings is 1. The number of rotatable bonds is 7. The molecule has 2 aromatic heterocycles. The molecule has 49 heavy (non-hydrogen) atoms. The smallest absolute Gasteiger partial charge is 0.435 e. The first kappa shape index (κ1) is 35.1. The molecule has 4 amide bonds. The molecule has 16 nitrogen and oxygen atoms in total. The Morgan fingerprint density at radius 2 is 1.88 bits per heavy atom. The fraction of sp³-hybridized carbons (Fsp3) is 0.414. The number of hydrogen-bond acceptors (Lipinski definition) is 9. The number of halogens is 4. The summed E-state index contributed by atoms with van der Waals surface area (Å²) < 4.78 is 42.9. The number of β-amino-alcohol motifs (C(OH)–C–C–N with tert-alkyl or cyclic N) is 1. The lowest BCUT2D eigenvalue weighted by molar-refractivity contribution is -0.141. The van der Waals surface area contributed by atoms with E-state index in [1.54, 1.807) is 11.0 Å². The van der Waals surface area contributed by atoms with Crippen molar-refractivity contribution >= 4 is 41.6 Å². The summed E-state index contributed by atoms with van der Waals surface area (Å²) in [6.07, 6.45) is -3.26. The summed E-state index contributed by atoms with van der Waals surface area (Å²) in [6.45, 7) is 1.24. The van der Waals surface area contributed by atoms with Crippen molar-refractivity contribution in [3.63, 3.8) is 0 Å². The maximum atomic E-state index is 13.6.